The number of sulfonamides is 1. The van der Waals surface area contributed by atoms with E-state index in [0.717, 1.165) is 0 Å². The van der Waals surface area contributed by atoms with E-state index in [2.05, 4.69) is 5.10 Å². The molecule has 0 saturated heterocycles. The van der Waals surface area contributed by atoms with Gasteiger partial charge < -0.3 is 11.5 Å². The van der Waals surface area contributed by atoms with Crippen molar-refractivity contribution in [1.82, 2.24) is 9.78 Å². The summed E-state index contributed by atoms with van der Waals surface area (Å²) in [6, 6.07) is 5.56. The van der Waals surface area contributed by atoms with Gasteiger partial charge in [-0.05, 0) is 24.3 Å². The number of benzene rings is 1. The highest BCUT2D eigenvalue weighted by Crippen LogP contribution is 2.18. The van der Waals surface area contributed by atoms with E-state index < -0.39 is 15.9 Å². The molecule has 1 amide bonds. The highest BCUT2D eigenvalue weighted by atomic mass is 32.2. The number of anilines is 1. The zero-order chi connectivity index (χ0) is 14.2. The van der Waals surface area contributed by atoms with Gasteiger partial charge >= 0.3 is 0 Å². The first-order valence-corrected chi connectivity index (χ1v) is 6.62. The van der Waals surface area contributed by atoms with Gasteiger partial charge in [-0.15, -0.1) is 0 Å². The van der Waals surface area contributed by atoms with Gasteiger partial charge in [-0.25, -0.2) is 18.2 Å². The van der Waals surface area contributed by atoms with Crippen LogP contribution >= 0.6 is 0 Å². The standard InChI is InChI=1S/C10H11N5O3S/c11-9-8(10(12)16)5-14-15(9)6-1-3-7(4-2-6)19(13,17)18/h1-5H,11H2,(H2,12,16)(H2,13,17,18). The fourth-order valence-electron chi connectivity index (χ4n) is 1.53. The van der Waals surface area contributed by atoms with Crippen LogP contribution in [0.25, 0.3) is 5.69 Å². The van der Waals surface area contributed by atoms with Crippen molar-refractivity contribution in [3.05, 3.63) is 36.0 Å². The lowest BCUT2D eigenvalue weighted by atomic mass is 10.3. The molecule has 19 heavy (non-hydrogen) atoms. The molecule has 1 aromatic heterocycles. The SMILES string of the molecule is NC(=O)c1cnn(-c2ccc(S(N)(=O)=O)cc2)c1N. The van der Waals surface area contributed by atoms with Crippen molar-refractivity contribution in [2.24, 2.45) is 10.9 Å². The number of nitrogens with two attached hydrogens (primary N) is 3. The molecule has 0 saturated carbocycles. The van der Waals surface area contributed by atoms with Crippen LogP contribution in [0.15, 0.2) is 35.4 Å². The van der Waals surface area contributed by atoms with Crippen LogP contribution in [-0.2, 0) is 10.0 Å². The molecule has 100 valence electrons. The van der Waals surface area contributed by atoms with Gasteiger partial charge in [0.2, 0.25) is 10.0 Å². The Morgan fingerprint density at radius 3 is 2.21 bits per heavy atom. The van der Waals surface area contributed by atoms with Crippen LogP contribution in [-0.4, -0.2) is 24.1 Å². The molecule has 1 heterocycles. The third-order valence-corrected chi connectivity index (χ3v) is 3.41. The molecule has 2 rings (SSSR count). The highest BCUT2D eigenvalue weighted by Gasteiger charge is 2.14. The van der Waals surface area contributed by atoms with Crippen molar-refractivity contribution < 1.29 is 13.2 Å². The van der Waals surface area contributed by atoms with Crippen LogP contribution in [0.2, 0.25) is 0 Å². The third kappa shape index (κ3) is 2.41. The molecule has 0 unspecified atom stereocenters. The summed E-state index contributed by atoms with van der Waals surface area (Å²) in [6.07, 6.45) is 1.24. The van der Waals surface area contributed by atoms with Crippen molar-refractivity contribution in [3.8, 4) is 5.69 Å². The van der Waals surface area contributed by atoms with Crippen LogP contribution in [0.1, 0.15) is 10.4 Å². The van der Waals surface area contributed by atoms with E-state index in [0.29, 0.717) is 5.69 Å². The lowest BCUT2D eigenvalue weighted by molar-refractivity contribution is 0.100. The summed E-state index contributed by atoms with van der Waals surface area (Å²) in [5.74, 6) is -0.610. The van der Waals surface area contributed by atoms with Crippen molar-refractivity contribution in [2.45, 2.75) is 4.90 Å². The van der Waals surface area contributed by atoms with E-state index in [1.165, 1.54) is 35.1 Å². The van der Waals surface area contributed by atoms with Crippen LogP contribution < -0.4 is 16.6 Å². The van der Waals surface area contributed by atoms with Gasteiger partial charge in [0.1, 0.15) is 11.4 Å². The normalized spacial score (nSPS) is 11.4. The summed E-state index contributed by atoms with van der Waals surface area (Å²) in [5.41, 5.74) is 11.4. The van der Waals surface area contributed by atoms with Gasteiger partial charge in [0, 0.05) is 0 Å². The van der Waals surface area contributed by atoms with E-state index in [1.807, 2.05) is 0 Å². The maximum absolute atomic E-state index is 11.1. The molecule has 2 aromatic rings. The molecule has 6 N–H and O–H groups in total. The summed E-state index contributed by atoms with van der Waals surface area (Å²) in [4.78, 5) is 11.0. The molecular formula is C10H11N5O3S. The maximum Gasteiger partial charge on any atom is 0.254 e. The lowest BCUT2D eigenvalue weighted by Gasteiger charge is -2.05. The quantitative estimate of drug-likeness (QED) is 0.673. The monoisotopic (exact) mass is 281 g/mol. The fourth-order valence-corrected chi connectivity index (χ4v) is 2.05. The molecule has 0 aliphatic carbocycles. The molecule has 0 fully saturated rings. The number of hydrogen-bond donors (Lipinski definition) is 3. The number of primary sulfonamides is 1. The van der Waals surface area contributed by atoms with Crippen molar-refractivity contribution >= 4 is 21.7 Å². The Morgan fingerprint density at radius 2 is 1.79 bits per heavy atom. The van der Waals surface area contributed by atoms with Crippen molar-refractivity contribution in [3.63, 3.8) is 0 Å². The molecule has 0 atom stereocenters. The smallest absolute Gasteiger partial charge is 0.254 e. The van der Waals surface area contributed by atoms with Crippen LogP contribution in [0, 0.1) is 0 Å². The number of carbonyl (C=O) groups excluding carboxylic acids is 1. The van der Waals surface area contributed by atoms with Crippen molar-refractivity contribution in [1.29, 1.82) is 0 Å². The van der Waals surface area contributed by atoms with Crippen LogP contribution in [0.5, 0.6) is 0 Å². The molecule has 0 radical (unpaired) electrons. The Morgan fingerprint density at radius 1 is 1.21 bits per heavy atom. The number of aromatic nitrogens is 2. The van der Waals surface area contributed by atoms with Gasteiger partial charge in [-0.3, -0.25) is 4.79 Å². The third-order valence-electron chi connectivity index (χ3n) is 2.48. The van der Waals surface area contributed by atoms with Crippen LogP contribution in [0.4, 0.5) is 5.82 Å². The van der Waals surface area contributed by atoms with E-state index in [9.17, 15) is 13.2 Å². The minimum absolute atomic E-state index is 0.0305. The summed E-state index contributed by atoms with van der Waals surface area (Å²) < 4.78 is 23.5. The first-order valence-electron chi connectivity index (χ1n) is 5.07. The summed E-state index contributed by atoms with van der Waals surface area (Å²) in [5, 5.41) is 8.89. The Balaban J connectivity index is 2.46. The zero-order valence-electron chi connectivity index (χ0n) is 9.65. The minimum atomic E-state index is -3.76. The molecule has 8 nitrogen and oxygen atoms in total. The van der Waals surface area contributed by atoms with Crippen molar-refractivity contribution in [2.75, 3.05) is 5.73 Å². The predicted molar refractivity (Wildman–Crippen MR) is 67.9 cm³/mol. The van der Waals surface area contributed by atoms with Gasteiger partial charge in [-0.2, -0.15) is 5.10 Å². The number of nitrogen functional groups attached to an aromatic ring is 1. The van der Waals surface area contributed by atoms with Gasteiger partial charge in [0.05, 0.1) is 16.8 Å². The second-order valence-electron chi connectivity index (χ2n) is 3.76. The molecule has 9 heteroatoms. The average molecular weight is 281 g/mol. The summed E-state index contributed by atoms with van der Waals surface area (Å²) >= 11 is 0. The van der Waals surface area contributed by atoms with Crippen LogP contribution in [0.3, 0.4) is 0 Å². The topological polar surface area (TPSA) is 147 Å². The number of carbonyl (C=O) groups is 1. The number of hydrogen-bond acceptors (Lipinski definition) is 5. The Labute approximate surface area is 108 Å². The maximum atomic E-state index is 11.1. The fraction of sp³-hybridized carbons (Fsp3) is 0. The first kappa shape index (κ1) is 13.1. The molecule has 1 aromatic carbocycles. The van der Waals surface area contributed by atoms with E-state index in [1.54, 1.807) is 0 Å². The molecule has 0 spiro atoms. The first-order chi connectivity index (χ1) is 8.80. The average Bonchev–Trinajstić information content (AvgIpc) is 2.70. The van der Waals surface area contributed by atoms with Gasteiger partial charge in [-0.1, -0.05) is 0 Å². The Hall–Kier alpha value is -2.39. The minimum Gasteiger partial charge on any atom is -0.383 e. The van der Waals surface area contributed by atoms with E-state index in [4.69, 9.17) is 16.6 Å². The van der Waals surface area contributed by atoms with E-state index >= 15 is 0 Å². The molecular weight excluding hydrogens is 270 g/mol. The molecule has 0 aliphatic rings. The molecule has 0 aliphatic heterocycles. The second-order valence-corrected chi connectivity index (χ2v) is 5.32. The Bertz CT molecular complexity index is 733. The van der Waals surface area contributed by atoms with Gasteiger partial charge in [0.25, 0.3) is 5.91 Å². The number of primary amides is 1. The zero-order valence-corrected chi connectivity index (χ0v) is 10.5. The lowest BCUT2D eigenvalue weighted by Crippen LogP contribution is -2.14. The van der Waals surface area contributed by atoms with E-state index in [-0.39, 0.29) is 16.3 Å². The van der Waals surface area contributed by atoms with Gasteiger partial charge in [0.15, 0.2) is 0 Å². The summed E-state index contributed by atoms with van der Waals surface area (Å²) in [6.45, 7) is 0. The predicted octanol–water partition coefficient (Wildman–Crippen LogP) is -0.799. The summed E-state index contributed by atoms with van der Waals surface area (Å²) in [7, 11) is -3.76. The Kier molecular flexibility index (Phi) is 3.00. The largest absolute Gasteiger partial charge is 0.383 e. The number of nitrogens with zero attached hydrogens (tertiary/aromatic N) is 2. The highest BCUT2D eigenvalue weighted by molar-refractivity contribution is 7.89. The number of amides is 1. The number of rotatable bonds is 3. The second kappa shape index (κ2) is 4.37. The molecule has 0 bridgehead atoms.